The summed E-state index contributed by atoms with van der Waals surface area (Å²) in [6.45, 7) is 2.48. The van der Waals surface area contributed by atoms with Crippen LogP contribution in [0.5, 0.6) is 0 Å². The van der Waals surface area contributed by atoms with Crippen molar-refractivity contribution >= 4 is 18.3 Å². The van der Waals surface area contributed by atoms with Crippen molar-refractivity contribution in [1.29, 1.82) is 0 Å². The number of carbonyl (C=O) groups excluding carboxylic acids is 1. The maximum Gasteiger partial charge on any atom is 0.248 e. The van der Waals surface area contributed by atoms with Crippen molar-refractivity contribution in [1.82, 2.24) is 4.90 Å². The van der Waals surface area contributed by atoms with Gasteiger partial charge in [0.1, 0.15) is 6.61 Å². The van der Waals surface area contributed by atoms with E-state index in [2.05, 4.69) is 0 Å². The number of carbonyl (C=O) groups is 1. The van der Waals surface area contributed by atoms with E-state index >= 15 is 0 Å². The number of hydrogen-bond donors (Lipinski definition) is 1. The molecule has 1 aliphatic rings. The third kappa shape index (κ3) is 2.62. The van der Waals surface area contributed by atoms with Gasteiger partial charge in [0.25, 0.3) is 0 Å². The number of rotatable bonds is 3. The fraction of sp³-hybridized carbons (Fsp3) is 0.857. The third-order valence-electron chi connectivity index (χ3n) is 1.91. The van der Waals surface area contributed by atoms with Crippen LogP contribution in [0.4, 0.5) is 0 Å². The number of ether oxygens (including phenoxy) is 1. The number of amides is 1. The zero-order chi connectivity index (χ0) is 8.27. The van der Waals surface area contributed by atoms with E-state index in [1.165, 1.54) is 7.11 Å². The van der Waals surface area contributed by atoms with Gasteiger partial charge in [-0.2, -0.15) is 0 Å². The standard InChI is InChI=1S/C7H14N2O2.ClH/c1-11-5-7(10)9-3-6(2-8)4-9;/h6H,2-5,8H2,1H3;1H. The molecule has 0 atom stereocenters. The molecule has 0 saturated carbocycles. The molecule has 5 heteroatoms. The van der Waals surface area contributed by atoms with Crippen LogP contribution >= 0.6 is 12.4 Å². The number of halogens is 1. The second-order valence-electron chi connectivity index (χ2n) is 2.83. The molecule has 0 aromatic heterocycles. The van der Waals surface area contributed by atoms with Crippen molar-refractivity contribution < 1.29 is 9.53 Å². The second kappa shape index (κ2) is 5.35. The van der Waals surface area contributed by atoms with Gasteiger partial charge in [0.15, 0.2) is 0 Å². The Morgan fingerprint density at radius 1 is 1.67 bits per heavy atom. The molecule has 0 radical (unpaired) electrons. The molecule has 1 heterocycles. The lowest BCUT2D eigenvalue weighted by Crippen LogP contribution is -2.53. The highest BCUT2D eigenvalue weighted by atomic mass is 35.5. The average molecular weight is 195 g/mol. The summed E-state index contributed by atoms with van der Waals surface area (Å²) >= 11 is 0. The van der Waals surface area contributed by atoms with Crippen molar-refractivity contribution in [2.45, 2.75) is 0 Å². The predicted octanol–water partition coefficient (Wildman–Crippen LogP) is -0.528. The van der Waals surface area contributed by atoms with Crippen molar-refractivity contribution in [3.8, 4) is 0 Å². The number of nitrogens with zero attached hydrogens (tertiary/aromatic N) is 1. The van der Waals surface area contributed by atoms with Gasteiger partial charge >= 0.3 is 0 Å². The largest absolute Gasteiger partial charge is 0.375 e. The Kier molecular flexibility index (Phi) is 5.20. The molecule has 2 N–H and O–H groups in total. The predicted molar refractivity (Wildman–Crippen MR) is 48.2 cm³/mol. The highest BCUT2D eigenvalue weighted by Crippen LogP contribution is 2.13. The Labute approximate surface area is 78.5 Å². The molecule has 1 amide bonds. The summed E-state index contributed by atoms with van der Waals surface area (Å²) in [6, 6.07) is 0. The first-order valence-corrected chi connectivity index (χ1v) is 3.74. The van der Waals surface area contributed by atoms with Crippen LogP contribution in [0.3, 0.4) is 0 Å². The molecular formula is C7H15ClN2O2. The molecule has 1 fully saturated rings. The van der Waals surface area contributed by atoms with Crippen LogP contribution in [0.2, 0.25) is 0 Å². The van der Waals surface area contributed by atoms with Crippen LogP contribution in [0.15, 0.2) is 0 Å². The van der Waals surface area contributed by atoms with E-state index in [-0.39, 0.29) is 24.9 Å². The molecule has 0 aromatic rings. The van der Waals surface area contributed by atoms with E-state index in [0.717, 1.165) is 13.1 Å². The zero-order valence-corrected chi connectivity index (χ0v) is 7.97. The molecule has 0 unspecified atom stereocenters. The van der Waals surface area contributed by atoms with Crippen molar-refractivity contribution in [2.75, 3.05) is 33.4 Å². The fourth-order valence-corrected chi connectivity index (χ4v) is 1.14. The first kappa shape index (κ1) is 11.7. The van der Waals surface area contributed by atoms with Crippen LogP contribution in [0.1, 0.15) is 0 Å². The summed E-state index contributed by atoms with van der Waals surface area (Å²) in [4.78, 5) is 12.8. The van der Waals surface area contributed by atoms with Gasteiger partial charge in [-0.15, -0.1) is 12.4 Å². The first-order chi connectivity index (χ1) is 5.27. The van der Waals surface area contributed by atoms with Crippen LogP contribution in [0.25, 0.3) is 0 Å². The molecule has 1 saturated heterocycles. The summed E-state index contributed by atoms with van der Waals surface area (Å²) in [7, 11) is 1.53. The number of hydrogen-bond acceptors (Lipinski definition) is 3. The van der Waals surface area contributed by atoms with Crippen LogP contribution in [0, 0.1) is 5.92 Å². The fourth-order valence-electron chi connectivity index (χ4n) is 1.14. The van der Waals surface area contributed by atoms with Gasteiger partial charge in [-0.05, 0) is 6.54 Å². The van der Waals surface area contributed by atoms with Crippen LogP contribution in [-0.4, -0.2) is 44.2 Å². The van der Waals surface area contributed by atoms with Crippen molar-refractivity contribution in [3.63, 3.8) is 0 Å². The summed E-state index contributed by atoms with van der Waals surface area (Å²) in [6.07, 6.45) is 0. The number of methoxy groups -OCH3 is 1. The Morgan fingerprint density at radius 3 is 2.67 bits per heavy atom. The molecule has 0 aliphatic carbocycles. The Balaban J connectivity index is 0.00000121. The molecule has 4 nitrogen and oxygen atoms in total. The average Bonchev–Trinajstić information content (AvgIpc) is 1.86. The molecule has 1 rings (SSSR count). The van der Waals surface area contributed by atoms with Gasteiger partial charge in [-0.25, -0.2) is 0 Å². The summed E-state index contributed by atoms with van der Waals surface area (Å²) in [5, 5.41) is 0. The molecular weight excluding hydrogens is 180 g/mol. The highest BCUT2D eigenvalue weighted by molar-refractivity contribution is 5.85. The normalized spacial score (nSPS) is 16.7. The quantitative estimate of drug-likeness (QED) is 0.658. The maximum absolute atomic E-state index is 11.0. The Morgan fingerprint density at radius 2 is 2.25 bits per heavy atom. The van der Waals surface area contributed by atoms with E-state index in [9.17, 15) is 4.79 Å². The van der Waals surface area contributed by atoms with E-state index in [1.807, 2.05) is 0 Å². The lowest BCUT2D eigenvalue weighted by Gasteiger charge is -2.38. The maximum atomic E-state index is 11.0. The molecule has 0 spiro atoms. The third-order valence-corrected chi connectivity index (χ3v) is 1.91. The van der Waals surface area contributed by atoms with E-state index in [4.69, 9.17) is 10.5 Å². The zero-order valence-electron chi connectivity index (χ0n) is 7.16. The van der Waals surface area contributed by atoms with Crippen molar-refractivity contribution in [3.05, 3.63) is 0 Å². The van der Waals surface area contributed by atoms with Gasteiger partial charge in [-0.1, -0.05) is 0 Å². The highest BCUT2D eigenvalue weighted by Gasteiger charge is 2.28. The Hall–Kier alpha value is -0.320. The molecule has 1 aliphatic heterocycles. The minimum Gasteiger partial charge on any atom is -0.375 e. The Bertz CT molecular complexity index is 148. The lowest BCUT2D eigenvalue weighted by atomic mass is 10.0. The van der Waals surface area contributed by atoms with Gasteiger partial charge in [0.05, 0.1) is 0 Å². The van der Waals surface area contributed by atoms with Gasteiger partial charge in [0.2, 0.25) is 5.91 Å². The minimum absolute atomic E-state index is 0. The molecule has 12 heavy (non-hydrogen) atoms. The summed E-state index contributed by atoms with van der Waals surface area (Å²) in [5.74, 6) is 0.577. The smallest absolute Gasteiger partial charge is 0.248 e. The summed E-state index contributed by atoms with van der Waals surface area (Å²) < 4.78 is 4.71. The minimum atomic E-state index is 0. The molecule has 0 bridgehead atoms. The van der Waals surface area contributed by atoms with Gasteiger partial charge in [0, 0.05) is 26.1 Å². The monoisotopic (exact) mass is 194 g/mol. The summed E-state index contributed by atoms with van der Waals surface area (Å²) in [5.41, 5.74) is 5.40. The van der Waals surface area contributed by atoms with Crippen LogP contribution < -0.4 is 5.73 Å². The van der Waals surface area contributed by atoms with E-state index in [0.29, 0.717) is 12.5 Å². The molecule has 0 aromatic carbocycles. The van der Waals surface area contributed by atoms with Crippen LogP contribution in [-0.2, 0) is 9.53 Å². The van der Waals surface area contributed by atoms with Gasteiger partial charge < -0.3 is 15.4 Å². The van der Waals surface area contributed by atoms with E-state index < -0.39 is 0 Å². The lowest BCUT2D eigenvalue weighted by molar-refractivity contribution is -0.141. The van der Waals surface area contributed by atoms with Crippen molar-refractivity contribution in [2.24, 2.45) is 11.7 Å². The number of nitrogens with two attached hydrogens (primary N) is 1. The molecule has 72 valence electrons. The van der Waals surface area contributed by atoms with Gasteiger partial charge in [-0.3, -0.25) is 4.79 Å². The van der Waals surface area contributed by atoms with E-state index in [1.54, 1.807) is 4.90 Å². The second-order valence-corrected chi connectivity index (χ2v) is 2.83. The first-order valence-electron chi connectivity index (χ1n) is 3.74. The topological polar surface area (TPSA) is 55.6 Å². The number of likely N-dealkylation sites (tertiary alicyclic amines) is 1. The SMILES string of the molecule is COCC(=O)N1CC(CN)C1.Cl.